The Bertz CT molecular complexity index is 658. The lowest BCUT2D eigenvalue weighted by Crippen LogP contribution is -2.29. The van der Waals surface area contributed by atoms with Crippen molar-refractivity contribution in [3.63, 3.8) is 0 Å². The topological polar surface area (TPSA) is 131 Å². The van der Waals surface area contributed by atoms with E-state index >= 15 is 0 Å². The molecule has 1 aromatic carbocycles. The van der Waals surface area contributed by atoms with Crippen molar-refractivity contribution in [1.29, 1.82) is 0 Å². The fraction of sp³-hybridized carbons (Fsp3) is 0.250. The predicted molar refractivity (Wildman–Crippen MR) is 70.2 cm³/mol. The van der Waals surface area contributed by atoms with Crippen LogP contribution in [0.5, 0.6) is 5.75 Å². The molecular weight excluding hydrogens is 294 g/mol. The maximum atomic E-state index is 11.7. The lowest BCUT2D eigenvalue weighted by atomic mass is 10.2. The summed E-state index contributed by atoms with van der Waals surface area (Å²) in [6.07, 6.45) is 1.39. The summed E-state index contributed by atoms with van der Waals surface area (Å²) in [6, 6.07) is 4.89. The standard InChI is InChI=1S/C12H13N5O5/c1-21-10-3-8(14-11(18)5-22-6-12(19)20)2-9(4-10)17-7-13-15-16-17/h2-4,7H,5-6H2,1H3,(H,14,18)(H,19,20)/p-1. The Balaban J connectivity index is 2.08. The minimum atomic E-state index is -1.39. The van der Waals surface area contributed by atoms with Crippen LogP contribution in [0.4, 0.5) is 5.69 Å². The number of aliphatic carboxylic acids is 1. The van der Waals surface area contributed by atoms with Crippen LogP contribution < -0.4 is 15.2 Å². The van der Waals surface area contributed by atoms with Crippen molar-refractivity contribution in [3.05, 3.63) is 24.5 Å². The van der Waals surface area contributed by atoms with E-state index in [9.17, 15) is 14.7 Å². The van der Waals surface area contributed by atoms with E-state index in [1.807, 2.05) is 0 Å². The van der Waals surface area contributed by atoms with Crippen LogP contribution in [0.1, 0.15) is 0 Å². The van der Waals surface area contributed by atoms with Crippen molar-refractivity contribution in [2.75, 3.05) is 25.6 Å². The number of benzene rings is 1. The minimum Gasteiger partial charge on any atom is -0.548 e. The fourth-order valence-electron chi connectivity index (χ4n) is 1.61. The van der Waals surface area contributed by atoms with Crippen LogP contribution in [0.15, 0.2) is 24.5 Å². The molecule has 22 heavy (non-hydrogen) atoms. The number of nitrogens with zero attached hydrogens (tertiary/aromatic N) is 4. The van der Waals surface area contributed by atoms with Gasteiger partial charge in [-0.15, -0.1) is 5.10 Å². The molecule has 0 fully saturated rings. The Morgan fingerprint density at radius 3 is 2.77 bits per heavy atom. The maximum Gasteiger partial charge on any atom is 0.250 e. The van der Waals surface area contributed by atoms with Crippen molar-refractivity contribution in [2.24, 2.45) is 0 Å². The largest absolute Gasteiger partial charge is 0.548 e. The summed E-state index contributed by atoms with van der Waals surface area (Å²) in [7, 11) is 1.48. The first-order valence-corrected chi connectivity index (χ1v) is 6.08. The van der Waals surface area contributed by atoms with E-state index < -0.39 is 25.1 Å². The highest BCUT2D eigenvalue weighted by Crippen LogP contribution is 2.22. The van der Waals surface area contributed by atoms with Crippen molar-refractivity contribution in [1.82, 2.24) is 20.2 Å². The first-order valence-electron chi connectivity index (χ1n) is 6.08. The van der Waals surface area contributed by atoms with Crippen LogP contribution in [-0.4, -0.2) is 52.4 Å². The summed E-state index contributed by atoms with van der Waals surface area (Å²) < 4.78 is 11.2. The summed E-state index contributed by atoms with van der Waals surface area (Å²) in [5, 5.41) is 23.5. The van der Waals surface area contributed by atoms with Crippen LogP contribution in [0.25, 0.3) is 5.69 Å². The number of carbonyl (C=O) groups is 2. The van der Waals surface area contributed by atoms with Gasteiger partial charge in [0.15, 0.2) is 0 Å². The highest BCUT2D eigenvalue weighted by molar-refractivity contribution is 5.92. The Hall–Kier alpha value is -3.01. The quantitative estimate of drug-likeness (QED) is 0.645. The number of hydrogen-bond donors (Lipinski definition) is 1. The number of aromatic nitrogens is 4. The molecule has 1 amide bonds. The molecule has 0 spiro atoms. The van der Waals surface area contributed by atoms with Crippen molar-refractivity contribution in [2.45, 2.75) is 0 Å². The third-order valence-electron chi connectivity index (χ3n) is 2.48. The van der Waals surface area contributed by atoms with Gasteiger partial charge in [0.25, 0.3) is 0 Å². The summed E-state index contributed by atoms with van der Waals surface area (Å²) in [5.74, 6) is -1.42. The first kappa shape index (κ1) is 15.4. The lowest BCUT2D eigenvalue weighted by molar-refractivity contribution is -0.309. The molecule has 0 aliphatic rings. The van der Waals surface area contributed by atoms with Gasteiger partial charge in [-0.05, 0) is 16.5 Å². The third-order valence-corrected chi connectivity index (χ3v) is 2.48. The van der Waals surface area contributed by atoms with E-state index in [0.29, 0.717) is 17.1 Å². The van der Waals surface area contributed by atoms with Crippen LogP contribution in [-0.2, 0) is 14.3 Å². The second-order valence-corrected chi connectivity index (χ2v) is 4.09. The molecular formula is C12H12N5O5-. The molecule has 2 rings (SSSR count). The number of carbonyl (C=O) groups excluding carboxylic acids is 2. The Kier molecular flexibility index (Phi) is 4.98. The minimum absolute atomic E-state index is 0.411. The number of carboxylic acids is 1. The molecule has 1 N–H and O–H groups in total. The van der Waals surface area contributed by atoms with E-state index in [2.05, 4.69) is 25.6 Å². The zero-order valence-corrected chi connectivity index (χ0v) is 11.6. The van der Waals surface area contributed by atoms with Crippen LogP contribution in [0.3, 0.4) is 0 Å². The summed E-state index contributed by atoms with van der Waals surface area (Å²) >= 11 is 0. The Labute approximate surface area is 124 Å². The molecule has 116 valence electrons. The highest BCUT2D eigenvalue weighted by Gasteiger charge is 2.08. The number of tetrazole rings is 1. The molecule has 10 nitrogen and oxygen atoms in total. The van der Waals surface area contributed by atoms with Gasteiger partial charge in [0.1, 0.15) is 18.7 Å². The first-order chi connectivity index (χ1) is 10.6. The second kappa shape index (κ2) is 7.13. The van der Waals surface area contributed by atoms with Crippen molar-refractivity contribution >= 4 is 17.6 Å². The third kappa shape index (κ3) is 4.24. The average Bonchev–Trinajstić information content (AvgIpc) is 3.00. The van der Waals surface area contributed by atoms with Crippen molar-refractivity contribution < 1.29 is 24.2 Å². The molecule has 0 atom stereocenters. The maximum absolute atomic E-state index is 11.7. The number of anilines is 1. The normalized spacial score (nSPS) is 10.2. The van der Waals surface area contributed by atoms with Crippen molar-refractivity contribution in [3.8, 4) is 11.4 Å². The number of methoxy groups -OCH3 is 1. The molecule has 0 radical (unpaired) electrons. The molecule has 0 aliphatic carbocycles. The van der Waals surface area contributed by atoms with Gasteiger partial charge in [0.05, 0.1) is 25.4 Å². The summed E-state index contributed by atoms with van der Waals surface area (Å²) in [5.41, 5.74) is 1.00. The predicted octanol–water partition coefficient (Wildman–Crippen LogP) is -1.62. The van der Waals surface area contributed by atoms with Gasteiger partial charge in [0, 0.05) is 17.8 Å². The lowest BCUT2D eigenvalue weighted by Gasteiger charge is -2.10. The zero-order chi connectivity index (χ0) is 15.9. The molecule has 1 aromatic heterocycles. The van der Waals surface area contributed by atoms with E-state index in [0.717, 1.165) is 0 Å². The average molecular weight is 306 g/mol. The van der Waals surface area contributed by atoms with E-state index in [1.54, 1.807) is 18.2 Å². The Morgan fingerprint density at radius 1 is 1.32 bits per heavy atom. The molecule has 1 heterocycles. The number of amides is 1. The van der Waals surface area contributed by atoms with E-state index in [-0.39, 0.29) is 0 Å². The van der Waals surface area contributed by atoms with Gasteiger partial charge in [0.2, 0.25) is 5.91 Å². The summed E-state index contributed by atoms with van der Waals surface area (Å²) in [4.78, 5) is 21.8. The number of rotatable bonds is 7. The summed E-state index contributed by atoms with van der Waals surface area (Å²) in [6.45, 7) is -1.06. The second-order valence-electron chi connectivity index (χ2n) is 4.09. The molecule has 0 saturated carbocycles. The number of carboxylic acid groups (broad SMARTS) is 1. The van der Waals surface area contributed by atoms with E-state index in [1.165, 1.54) is 18.1 Å². The number of nitrogens with one attached hydrogen (secondary N) is 1. The van der Waals surface area contributed by atoms with Crippen LogP contribution in [0, 0.1) is 0 Å². The number of hydrogen-bond acceptors (Lipinski definition) is 8. The zero-order valence-electron chi connectivity index (χ0n) is 11.6. The van der Waals surface area contributed by atoms with E-state index in [4.69, 9.17) is 4.74 Å². The van der Waals surface area contributed by atoms with Gasteiger partial charge in [-0.2, -0.15) is 0 Å². The number of ether oxygens (including phenoxy) is 2. The fourth-order valence-corrected chi connectivity index (χ4v) is 1.61. The molecule has 0 saturated heterocycles. The Morgan fingerprint density at radius 2 is 2.14 bits per heavy atom. The molecule has 10 heteroatoms. The van der Waals surface area contributed by atoms with Crippen LogP contribution >= 0.6 is 0 Å². The highest BCUT2D eigenvalue weighted by atomic mass is 16.5. The van der Waals surface area contributed by atoms with Gasteiger partial charge >= 0.3 is 0 Å². The van der Waals surface area contributed by atoms with Crippen LogP contribution in [0.2, 0.25) is 0 Å². The molecule has 0 unspecified atom stereocenters. The smallest absolute Gasteiger partial charge is 0.250 e. The SMILES string of the molecule is COc1cc(NC(=O)COCC(=O)[O-])cc(-n2cnnn2)c1. The monoisotopic (exact) mass is 306 g/mol. The van der Waals surface area contributed by atoms with Gasteiger partial charge in [-0.1, -0.05) is 0 Å². The molecule has 0 bridgehead atoms. The molecule has 2 aromatic rings. The molecule has 0 aliphatic heterocycles. The van der Waals surface area contributed by atoms with Gasteiger partial charge in [-0.3, -0.25) is 4.79 Å². The van der Waals surface area contributed by atoms with Gasteiger partial charge in [-0.25, -0.2) is 4.68 Å². The van der Waals surface area contributed by atoms with Gasteiger partial charge < -0.3 is 24.7 Å².